The lowest BCUT2D eigenvalue weighted by molar-refractivity contribution is -0.129. The van der Waals surface area contributed by atoms with Crippen molar-refractivity contribution in [1.29, 1.82) is 0 Å². The lowest BCUT2D eigenvalue weighted by Crippen LogP contribution is -2.43. The van der Waals surface area contributed by atoms with E-state index < -0.39 is 11.8 Å². The Morgan fingerprint density at radius 3 is 2.44 bits per heavy atom. The highest BCUT2D eigenvalue weighted by molar-refractivity contribution is 4.88. The molecule has 1 aliphatic rings. The van der Waals surface area contributed by atoms with Crippen LogP contribution in [0, 0.1) is 5.92 Å². The van der Waals surface area contributed by atoms with Gasteiger partial charge in [0, 0.05) is 18.9 Å². The molecule has 3 heteroatoms. The third-order valence-corrected chi connectivity index (χ3v) is 1.87. The van der Waals surface area contributed by atoms with Crippen LogP contribution in [0.1, 0.15) is 12.8 Å². The van der Waals surface area contributed by atoms with Crippen LogP contribution in [0.15, 0.2) is 0 Å². The van der Waals surface area contributed by atoms with Gasteiger partial charge in [0.15, 0.2) is 0 Å². The molecule has 1 aliphatic carbocycles. The van der Waals surface area contributed by atoms with Crippen molar-refractivity contribution < 1.29 is 8.78 Å². The van der Waals surface area contributed by atoms with Crippen LogP contribution in [-0.4, -0.2) is 19.5 Å². The highest BCUT2D eigenvalue weighted by atomic mass is 19.3. The van der Waals surface area contributed by atoms with Crippen LogP contribution in [-0.2, 0) is 0 Å². The molecule has 0 spiro atoms. The molecule has 0 aromatic carbocycles. The number of halogens is 2. The fourth-order valence-electron chi connectivity index (χ4n) is 1.06. The van der Waals surface area contributed by atoms with Crippen LogP contribution in [0.25, 0.3) is 0 Å². The quantitative estimate of drug-likeness (QED) is 0.601. The van der Waals surface area contributed by atoms with Gasteiger partial charge in [-0.15, -0.1) is 0 Å². The van der Waals surface area contributed by atoms with Crippen molar-refractivity contribution in [3.05, 3.63) is 0 Å². The number of hydrogen-bond acceptors (Lipinski definition) is 1. The Kier molecular flexibility index (Phi) is 1.70. The zero-order valence-electron chi connectivity index (χ0n) is 5.45. The van der Waals surface area contributed by atoms with E-state index in [-0.39, 0.29) is 6.42 Å². The van der Waals surface area contributed by atoms with Gasteiger partial charge < -0.3 is 5.32 Å². The fourth-order valence-corrected chi connectivity index (χ4v) is 1.06. The average molecular weight is 135 g/mol. The summed E-state index contributed by atoms with van der Waals surface area (Å²) in [6.45, 7) is 0.451. The maximum atomic E-state index is 12.3. The Morgan fingerprint density at radius 2 is 2.33 bits per heavy atom. The molecule has 1 unspecified atom stereocenters. The number of nitrogens with one attached hydrogen (secondary N) is 1. The normalized spacial score (nSPS) is 31.7. The van der Waals surface area contributed by atoms with E-state index in [9.17, 15) is 8.78 Å². The van der Waals surface area contributed by atoms with Crippen molar-refractivity contribution in [2.75, 3.05) is 13.6 Å². The van der Waals surface area contributed by atoms with Gasteiger partial charge in [-0.05, 0) is 13.5 Å². The smallest absolute Gasteiger partial charge is 0.252 e. The minimum atomic E-state index is -2.37. The van der Waals surface area contributed by atoms with Gasteiger partial charge in [-0.2, -0.15) is 0 Å². The van der Waals surface area contributed by atoms with Gasteiger partial charge in [0.05, 0.1) is 0 Å². The van der Waals surface area contributed by atoms with Crippen molar-refractivity contribution in [2.24, 2.45) is 5.92 Å². The molecule has 1 rings (SSSR count). The molecule has 0 heterocycles. The molecule has 1 saturated carbocycles. The molecule has 0 saturated heterocycles. The zero-order valence-corrected chi connectivity index (χ0v) is 5.45. The standard InChI is InChI=1S/C6H11F2N/c1-9-4-5-2-3-6(5,7)8/h5,9H,2-4H2,1H3. The van der Waals surface area contributed by atoms with Crippen LogP contribution in [0.4, 0.5) is 8.78 Å². The summed E-state index contributed by atoms with van der Waals surface area (Å²) in [4.78, 5) is 0. The van der Waals surface area contributed by atoms with Gasteiger partial charge in [0.1, 0.15) is 0 Å². The SMILES string of the molecule is CNCC1CCC1(F)F. The summed E-state index contributed by atoms with van der Waals surface area (Å²) in [5.74, 6) is -2.77. The molecular weight excluding hydrogens is 124 g/mol. The molecule has 0 bridgehead atoms. The largest absolute Gasteiger partial charge is 0.319 e. The van der Waals surface area contributed by atoms with Crippen molar-refractivity contribution in [3.8, 4) is 0 Å². The first-order chi connectivity index (χ1) is 4.17. The predicted molar refractivity (Wildman–Crippen MR) is 31.6 cm³/mol. The molecule has 0 aromatic heterocycles. The summed E-state index contributed by atoms with van der Waals surface area (Å²) in [5, 5.41) is 2.75. The molecule has 0 aromatic rings. The fraction of sp³-hybridized carbons (Fsp3) is 1.00. The Balaban J connectivity index is 2.28. The van der Waals surface area contributed by atoms with E-state index in [0.29, 0.717) is 13.0 Å². The lowest BCUT2D eigenvalue weighted by Gasteiger charge is -2.35. The lowest BCUT2D eigenvalue weighted by atomic mass is 9.81. The highest BCUT2D eigenvalue weighted by Gasteiger charge is 2.47. The maximum Gasteiger partial charge on any atom is 0.252 e. The minimum absolute atomic E-state index is 0.0827. The summed E-state index contributed by atoms with van der Waals surface area (Å²) in [7, 11) is 1.70. The minimum Gasteiger partial charge on any atom is -0.319 e. The Labute approximate surface area is 53.4 Å². The first kappa shape index (κ1) is 6.93. The van der Waals surface area contributed by atoms with Crippen molar-refractivity contribution >= 4 is 0 Å². The van der Waals surface area contributed by atoms with Gasteiger partial charge in [-0.1, -0.05) is 0 Å². The van der Waals surface area contributed by atoms with Crippen LogP contribution in [0.3, 0.4) is 0 Å². The van der Waals surface area contributed by atoms with Crippen LogP contribution in [0.5, 0.6) is 0 Å². The summed E-state index contributed by atoms with van der Waals surface area (Å²) in [5.41, 5.74) is 0. The van der Waals surface area contributed by atoms with E-state index in [1.807, 2.05) is 0 Å². The summed E-state index contributed by atoms with van der Waals surface area (Å²) in [6.07, 6.45) is 0.757. The Morgan fingerprint density at radius 1 is 1.67 bits per heavy atom. The number of alkyl halides is 2. The van der Waals surface area contributed by atoms with Gasteiger partial charge in [-0.25, -0.2) is 8.78 Å². The van der Waals surface area contributed by atoms with Gasteiger partial charge in [-0.3, -0.25) is 0 Å². The third-order valence-electron chi connectivity index (χ3n) is 1.87. The van der Waals surface area contributed by atoms with Crippen molar-refractivity contribution in [2.45, 2.75) is 18.8 Å². The Hall–Kier alpha value is -0.180. The molecule has 1 N–H and O–H groups in total. The summed E-state index contributed by atoms with van der Waals surface area (Å²) >= 11 is 0. The maximum absolute atomic E-state index is 12.3. The van der Waals surface area contributed by atoms with Gasteiger partial charge in [0.25, 0.3) is 5.92 Å². The third kappa shape index (κ3) is 1.21. The van der Waals surface area contributed by atoms with E-state index in [1.165, 1.54) is 0 Å². The second kappa shape index (κ2) is 2.21. The molecule has 0 amide bonds. The van der Waals surface area contributed by atoms with E-state index in [2.05, 4.69) is 5.32 Å². The van der Waals surface area contributed by atoms with Crippen LogP contribution >= 0.6 is 0 Å². The molecule has 54 valence electrons. The first-order valence-corrected chi connectivity index (χ1v) is 3.19. The molecule has 1 nitrogen and oxygen atoms in total. The van der Waals surface area contributed by atoms with E-state index in [4.69, 9.17) is 0 Å². The van der Waals surface area contributed by atoms with E-state index in [0.717, 1.165) is 0 Å². The van der Waals surface area contributed by atoms with Crippen LogP contribution < -0.4 is 5.32 Å². The average Bonchev–Trinajstić information content (AvgIpc) is 1.81. The summed E-state index contributed by atoms with van der Waals surface area (Å²) in [6, 6.07) is 0. The van der Waals surface area contributed by atoms with E-state index >= 15 is 0 Å². The summed E-state index contributed by atoms with van der Waals surface area (Å²) < 4.78 is 24.7. The second-order valence-corrected chi connectivity index (χ2v) is 2.55. The molecule has 9 heavy (non-hydrogen) atoms. The number of hydrogen-bond donors (Lipinski definition) is 1. The van der Waals surface area contributed by atoms with Crippen LogP contribution in [0.2, 0.25) is 0 Å². The zero-order chi connectivity index (χ0) is 6.91. The molecule has 1 fully saturated rings. The van der Waals surface area contributed by atoms with Gasteiger partial charge in [0.2, 0.25) is 0 Å². The number of rotatable bonds is 2. The predicted octanol–water partition coefficient (Wildman–Crippen LogP) is 1.25. The Bertz CT molecular complexity index is 103. The van der Waals surface area contributed by atoms with E-state index in [1.54, 1.807) is 7.05 Å². The second-order valence-electron chi connectivity index (χ2n) is 2.55. The highest BCUT2D eigenvalue weighted by Crippen LogP contribution is 2.42. The van der Waals surface area contributed by atoms with Gasteiger partial charge >= 0.3 is 0 Å². The monoisotopic (exact) mass is 135 g/mol. The topological polar surface area (TPSA) is 12.0 Å². The first-order valence-electron chi connectivity index (χ1n) is 3.19. The van der Waals surface area contributed by atoms with Crippen molar-refractivity contribution in [3.63, 3.8) is 0 Å². The molecule has 0 aliphatic heterocycles. The molecule has 1 atom stereocenters. The van der Waals surface area contributed by atoms with Crippen molar-refractivity contribution in [1.82, 2.24) is 5.32 Å². The molecular formula is C6H11F2N. The molecule has 0 radical (unpaired) electrons.